The molecule has 0 saturated heterocycles. The van der Waals surface area contributed by atoms with Crippen LogP contribution in [0.15, 0.2) is 29.2 Å². The van der Waals surface area contributed by atoms with Crippen molar-refractivity contribution in [3.05, 3.63) is 29.8 Å². The topological polar surface area (TPSA) is 43.1 Å². The van der Waals surface area contributed by atoms with Crippen LogP contribution in [-0.2, 0) is 4.79 Å². The summed E-state index contributed by atoms with van der Waals surface area (Å²) in [6.07, 6.45) is 0. The molecule has 1 aromatic carbocycles. The van der Waals surface area contributed by atoms with Gasteiger partial charge < -0.3 is 5.73 Å². The van der Waals surface area contributed by atoms with Crippen LogP contribution in [0.1, 0.15) is 19.4 Å². The Morgan fingerprint density at radius 2 is 2.07 bits per heavy atom. The molecule has 15 heavy (non-hydrogen) atoms. The van der Waals surface area contributed by atoms with Crippen LogP contribution < -0.4 is 5.73 Å². The van der Waals surface area contributed by atoms with Crippen molar-refractivity contribution in [3.8, 4) is 0 Å². The van der Waals surface area contributed by atoms with E-state index in [0.29, 0.717) is 0 Å². The first-order valence-corrected chi connectivity index (χ1v) is 5.91. The van der Waals surface area contributed by atoms with Gasteiger partial charge in [-0.2, -0.15) is 0 Å². The molecule has 1 amide bonds. The van der Waals surface area contributed by atoms with Crippen molar-refractivity contribution < 1.29 is 4.79 Å². The molecule has 0 aliphatic rings. The zero-order chi connectivity index (χ0) is 11.4. The molecule has 0 radical (unpaired) electrons. The molecular weight excluding hydrogens is 206 g/mol. The molecule has 0 bridgehead atoms. The Morgan fingerprint density at radius 3 is 2.53 bits per heavy atom. The fourth-order valence-electron chi connectivity index (χ4n) is 1.36. The zero-order valence-corrected chi connectivity index (χ0v) is 10.2. The monoisotopic (exact) mass is 223 g/mol. The molecule has 0 aromatic heterocycles. The predicted octanol–water partition coefficient (Wildman–Crippen LogP) is 2.60. The van der Waals surface area contributed by atoms with Crippen molar-refractivity contribution >= 4 is 17.7 Å². The molecule has 3 heteroatoms. The molecule has 1 unspecified atom stereocenters. The van der Waals surface area contributed by atoms with Crippen LogP contribution in [0.5, 0.6) is 0 Å². The molecule has 2 nitrogen and oxygen atoms in total. The number of primary amides is 1. The molecule has 0 aliphatic carbocycles. The maximum Gasteiger partial charge on any atom is 0.231 e. The van der Waals surface area contributed by atoms with Gasteiger partial charge in [-0.25, -0.2) is 0 Å². The number of hydrogen-bond acceptors (Lipinski definition) is 2. The standard InChI is InChI=1S/C12H17NOS/c1-8(2)11(12(13)14)15-10-6-4-5-9(3)7-10/h4-8,11H,1-3H3,(H2,13,14). The van der Waals surface area contributed by atoms with Gasteiger partial charge >= 0.3 is 0 Å². The summed E-state index contributed by atoms with van der Waals surface area (Å²) in [6.45, 7) is 6.06. The Kier molecular flexibility index (Phi) is 4.21. The highest BCUT2D eigenvalue weighted by atomic mass is 32.2. The van der Waals surface area contributed by atoms with E-state index in [1.807, 2.05) is 39.0 Å². The highest BCUT2D eigenvalue weighted by Crippen LogP contribution is 2.28. The fraction of sp³-hybridized carbons (Fsp3) is 0.417. The number of aryl methyl sites for hydroxylation is 1. The maximum atomic E-state index is 11.2. The van der Waals surface area contributed by atoms with Crippen LogP contribution in [-0.4, -0.2) is 11.2 Å². The molecule has 0 saturated carbocycles. The van der Waals surface area contributed by atoms with Crippen molar-refractivity contribution in [1.82, 2.24) is 0 Å². The number of amides is 1. The van der Waals surface area contributed by atoms with Gasteiger partial charge in [-0.15, -0.1) is 11.8 Å². The number of rotatable bonds is 4. The third-order valence-corrected chi connectivity index (χ3v) is 3.70. The lowest BCUT2D eigenvalue weighted by molar-refractivity contribution is -0.118. The van der Waals surface area contributed by atoms with Crippen LogP contribution in [0, 0.1) is 12.8 Å². The second-order valence-electron chi connectivity index (χ2n) is 4.00. The van der Waals surface area contributed by atoms with Crippen molar-refractivity contribution in [2.45, 2.75) is 30.9 Å². The SMILES string of the molecule is Cc1cccc(SC(C(N)=O)C(C)C)c1. The summed E-state index contributed by atoms with van der Waals surface area (Å²) in [5.74, 6) is 0.0181. The molecule has 0 fully saturated rings. The molecule has 2 N–H and O–H groups in total. The van der Waals surface area contributed by atoms with Gasteiger partial charge in [-0.1, -0.05) is 31.5 Å². The van der Waals surface area contributed by atoms with Gasteiger partial charge in [0.1, 0.15) is 0 Å². The number of thioether (sulfide) groups is 1. The molecular formula is C12H17NOS. The van der Waals surface area contributed by atoms with Gasteiger partial charge in [0, 0.05) is 4.90 Å². The molecule has 1 atom stereocenters. The van der Waals surface area contributed by atoms with Crippen molar-refractivity contribution in [1.29, 1.82) is 0 Å². The molecule has 0 aliphatic heterocycles. The first-order valence-electron chi connectivity index (χ1n) is 5.03. The van der Waals surface area contributed by atoms with Crippen molar-refractivity contribution in [3.63, 3.8) is 0 Å². The van der Waals surface area contributed by atoms with Gasteiger partial charge in [0.2, 0.25) is 5.91 Å². The van der Waals surface area contributed by atoms with E-state index in [9.17, 15) is 4.79 Å². The highest BCUT2D eigenvalue weighted by Gasteiger charge is 2.20. The van der Waals surface area contributed by atoms with E-state index in [1.54, 1.807) is 11.8 Å². The molecule has 1 rings (SSSR count). The Bertz CT molecular complexity index is 349. The fourth-order valence-corrected chi connectivity index (χ4v) is 2.45. The summed E-state index contributed by atoms with van der Waals surface area (Å²) in [4.78, 5) is 12.3. The number of nitrogens with two attached hydrogens (primary N) is 1. The highest BCUT2D eigenvalue weighted by molar-refractivity contribution is 8.00. The van der Waals surface area contributed by atoms with Gasteiger partial charge in [0.05, 0.1) is 5.25 Å². The van der Waals surface area contributed by atoms with Crippen LogP contribution in [0.2, 0.25) is 0 Å². The van der Waals surface area contributed by atoms with Crippen LogP contribution >= 0.6 is 11.8 Å². The van der Waals surface area contributed by atoms with E-state index in [2.05, 4.69) is 6.07 Å². The summed E-state index contributed by atoms with van der Waals surface area (Å²) in [5.41, 5.74) is 6.56. The normalized spacial score (nSPS) is 12.8. The van der Waals surface area contributed by atoms with Gasteiger partial charge in [0.25, 0.3) is 0 Å². The Hall–Kier alpha value is -0.960. The zero-order valence-electron chi connectivity index (χ0n) is 9.36. The summed E-state index contributed by atoms with van der Waals surface area (Å²) < 4.78 is 0. The second-order valence-corrected chi connectivity index (χ2v) is 5.22. The number of hydrogen-bond donors (Lipinski definition) is 1. The predicted molar refractivity (Wildman–Crippen MR) is 64.9 cm³/mol. The lowest BCUT2D eigenvalue weighted by Crippen LogP contribution is -2.30. The minimum atomic E-state index is -0.239. The summed E-state index contributed by atoms with van der Waals surface area (Å²) in [7, 11) is 0. The van der Waals surface area contributed by atoms with Crippen molar-refractivity contribution in [2.24, 2.45) is 11.7 Å². The minimum Gasteiger partial charge on any atom is -0.369 e. The number of benzene rings is 1. The van der Waals surface area contributed by atoms with Gasteiger partial charge in [-0.3, -0.25) is 4.79 Å². The lowest BCUT2D eigenvalue weighted by atomic mass is 10.1. The number of carbonyl (C=O) groups excluding carboxylic acids is 1. The van der Waals surface area contributed by atoms with E-state index < -0.39 is 0 Å². The van der Waals surface area contributed by atoms with E-state index in [-0.39, 0.29) is 17.1 Å². The largest absolute Gasteiger partial charge is 0.369 e. The van der Waals surface area contributed by atoms with Crippen LogP contribution in [0.4, 0.5) is 0 Å². The maximum absolute atomic E-state index is 11.2. The smallest absolute Gasteiger partial charge is 0.231 e. The second kappa shape index (κ2) is 5.21. The van der Waals surface area contributed by atoms with E-state index in [0.717, 1.165) is 4.90 Å². The third-order valence-electron chi connectivity index (χ3n) is 2.14. The Labute approximate surface area is 95.2 Å². The average Bonchev–Trinajstić information content (AvgIpc) is 2.13. The van der Waals surface area contributed by atoms with Gasteiger partial charge in [-0.05, 0) is 25.0 Å². The Morgan fingerprint density at radius 1 is 1.40 bits per heavy atom. The third kappa shape index (κ3) is 3.59. The first-order chi connectivity index (χ1) is 7.00. The minimum absolute atomic E-state index is 0.146. The van der Waals surface area contributed by atoms with Gasteiger partial charge in [0.15, 0.2) is 0 Å². The Balaban J connectivity index is 2.79. The molecule has 82 valence electrons. The van der Waals surface area contributed by atoms with Crippen LogP contribution in [0.3, 0.4) is 0 Å². The average molecular weight is 223 g/mol. The number of carbonyl (C=O) groups is 1. The van der Waals surface area contributed by atoms with Crippen molar-refractivity contribution in [2.75, 3.05) is 0 Å². The van der Waals surface area contributed by atoms with E-state index in [1.165, 1.54) is 5.56 Å². The van der Waals surface area contributed by atoms with E-state index in [4.69, 9.17) is 5.73 Å². The summed E-state index contributed by atoms with van der Waals surface area (Å²) >= 11 is 1.54. The summed E-state index contributed by atoms with van der Waals surface area (Å²) in [6, 6.07) is 8.12. The first kappa shape index (κ1) is 12.1. The van der Waals surface area contributed by atoms with E-state index >= 15 is 0 Å². The quantitative estimate of drug-likeness (QED) is 0.797. The molecule has 0 heterocycles. The summed E-state index contributed by atoms with van der Waals surface area (Å²) in [5, 5.41) is -0.146. The molecule has 0 spiro atoms. The van der Waals surface area contributed by atoms with Crippen LogP contribution in [0.25, 0.3) is 0 Å². The lowest BCUT2D eigenvalue weighted by Gasteiger charge is -2.16. The molecule has 1 aromatic rings.